The van der Waals surface area contributed by atoms with E-state index in [9.17, 15) is 0 Å². The molecule has 0 aliphatic carbocycles. The summed E-state index contributed by atoms with van der Waals surface area (Å²) in [4.78, 5) is 4.49. The molecule has 3 rings (SSSR count). The van der Waals surface area contributed by atoms with E-state index in [2.05, 4.69) is 60.5 Å². The Morgan fingerprint density at radius 2 is 1.84 bits per heavy atom. The van der Waals surface area contributed by atoms with Gasteiger partial charge in [-0.2, -0.15) is 0 Å². The molecule has 0 saturated carbocycles. The molecule has 2 N–H and O–H groups in total. The van der Waals surface area contributed by atoms with Crippen LogP contribution < -0.4 is 5.73 Å². The van der Waals surface area contributed by atoms with E-state index in [1.54, 1.807) is 0 Å². The first-order valence-corrected chi connectivity index (χ1v) is 6.60. The number of benzene rings is 1. The summed E-state index contributed by atoms with van der Waals surface area (Å²) >= 11 is 0. The Kier molecular flexibility index (Phi) is 2.52. The summed E-state index contributed by atoms with van der Waals surface area (Å²) in [5.74, 6) is 0.645. The van der Waals surface area contributed by atoms with Crippen LogP contribution in [0.2, 0.25) is 0 Å². The van der Waals surface area contributed by atoms with Crippen LogP contribution in [0, 0.1) is 5.41 Å². The number of hydrogen-bond acceptors (Lipinski definition) is 2. The topological polar surface area (TPSA) is 43.3 Å². The number of rotatable bonds is 1. The zero-order valence-corrected chi connectivity index (χ0v) is 11.6. The van der Waals surface area contributed by atoms with Crippen LogP contribution in [0.25, 0.3) is 16.6 Å². The Bertz CT molecular complexity index is 748. The number of aromatic nitrogens is 2. The first-order valence-electron chi connectivity index (χ1n) is 6.60. The molecule has 0 atom stereocenters. The van der Waals surface area contributed by atoms with Crippen LogP contribution in [0.5, 0.6) is 0 Å². The number of hydrogen-bond donors (Lipinski definition) is 1. The lowest BCUT2D eigenvalue weighted by Gasteiger charge is -2.18. The van der Waals surface area contributed by atoms with Gasteiger partial charge >= 0.3 is 0 Å². The van der Waals surface area contributed by atoms with Crippen LogP contribution in [-0.4, -0.2) is 9.38 Å². The molecule has 3 aromatic rings. The maximum atomic E-state index is 6.12. The number of nitrogens with two attached hydrogens (primary N) is 1. The molecule has 0 radical (unpaired) electrons. The second-order valence-corrected chi connectivity index (χ2v) is 6.27. The Morgan fingerprint density at radius 1 is 1.11 bits per heavy atom. The minimum Gasteiger partial charge on any atom is -0.382 e. The predicted molar refractivity (Wildman–Crippen MR) is 80.3 cm³/mol. The first kappa shape index (κ1) is 12.0. The van der Waals surface area contributed by atoms with Gasteiger partial charge in [0.2, 0.25) is 0 Å². The molecule has 98 valence electrons. The summed E-state index contributed by atoms with van der Waals surface area (Å²) in [6.45, 7) is 6.66. The average Bonchev–Trinajstić information content (AvgIpc) is 2.64. The largest absolute Gasteiger partial charge is 0.382 e. The Morgan fingerprint density at radius 3 is 2.58 bits per heavy atom. The zero-order chi connectivity index (χ0) is 13.6. The van der Waals surface area contributed by atoms with Gasteiger partial charge in [-0.15, -0.1) is 0 Å². The molecule has 0 spiro atoms. The molecule has 3 nitrogen and oxygen atoms in total. The number of nitrogens with zero attached hydrogens (tertiary/aromatic N) is 2. The van der Waals surface area contributed by atoms with Crippen LogP contribution in [-0.2, 0) is 6.42 Å². The van der Waals surface area contributed by atoms with Crippen molar-refractivity contribution < 1.29 is 0 Å². The second-order valence-electron chi connectivity index (χ2n) is 6.27. The number of fused-ring (bicyclic) bond motifs is 3. The van der Waals surface area contributed by atoms with E-state index in [1.807, 2.05) is 6.07 Å². The molecule has 0 unspecified atom stereocenters. The normalized spacial score (nSPS) is 12.4. The smallest absolute Gasteiger partial charge is 0.146 e. The van der Waals surface area contributed by atoms with Gasteiger partial charge in [-0.05, 0) is 35.4 Å². The average molecular weight is 253 g/mol. The van der Waals surface area contributed by atoms with E-state index in [0.717, 1.165) is 17.8 Å². The highest BCUT2D eigenvalue weighted by atomic mass is 15.1. The Balaban J connectivity index is 2.37. The lowest BCUT2D eigenvalue weighted by atomic mass is 9.90. The zero-order valence-electron chi connectivity index (χ0n) is 11.6. The van der Waals surface area contributed by atoms with Crippen molar-refractivity contribution in [1.82, 2.24) is 9.38 Å². The second kappa shape index (κ2) is 3.98. The summed E-state index contributed by atoms with van der Waals surface area (Å²) in [6, 6.07) is 12.5. The van der Waals surface area contributed by atoms with Crippen molar-refractivity contribution in [1.29, 1.82) is 0 Å². The monoisotopic (exact) mass is 253 g/mol. The van der Waals surface area contributed by atoms with Crippen molar-refractivity contribution in [3.8, 4) is 0 Å². The molecular formula is C16H19N3. The van der Waals surface area contributed by atoms with Crippen molar-refractivity contribution >= 4 is 22.4 Å². The van der Waals surface area contributed by atoms with E-state index >= 15 is 0 Å². The molecule has 3 heteroatoms. The summed E-state index contributed by atoms with van der Waals surface area (Å²) in [7, 11) is 0. The standard InChI is InChI=1S/C16H19N3/c1-16(2,3)10-13-15(17)18-14-9-8-11-6-4-5-7-12(11)19(13)14/h4-9H,10,17H2,1-3H3. The fourth-order valence-electron chi connectivity index (χ4n) is 2.54. The number of nitrogen functional groups attached to an aromatic ring is 1. The fourth-order valence-corrected chi connectivity index (χ4v) is 2.54. The van der Waals surface area contributed by atoms with Gasteiger partial charge < -0.3 is 5.73 Å². The molecule has 0 bridgehead atoms. The van der Waals surface area contributed by atoms with E-state index in [-0.39, 0.29) is 5.41 Å². The van der Waals surface area contributed by atoms with Crippen molar-refractivity contribution in [2.75, 3.05) is 5.73 Å². The SMILES string of the molecule is CC(C)(C)Cc1c(N)nc2ccc3ccccc3n12. The number of imidazole rings is 1. The third kappa shape index (κ3) is 2.05. The van der Waals surface area contributed by atoms with Crippen LogP contribution >= 0.6 is 0 Å². The Labute approximate surface area is 113 Å². The highest BCUT2D eigenvalue weighted by Crippen LogP contribution is 2.28. The van der Waals surface area contributed by atoms with Crippen molar-refractivity contribution in [3.63, 3.8) is 0 Å². The minimum absolute atomic E-state index is 0.182. The van der Waals surface area contributed by atoms with Crippen molar-refractivity contribution in [2.45, 2.75) is 27.2 Å². The summed E-state index contributed by atoms with van der Waals surface area (Å²) in [6.07, 6.45) is 0.911. The van der Waals surface area contributed by atoms with E-state index in [4.69, 9.17) is 5.73 Å². The van der Waals surface area contributed by atoms with E-state index in [0.29, 0.717) is 5.82 Å². The van der Waals surface area contributed by atoms with Crippen LogP contribution in [0.4, 0.5) is 5.82 Å². The lowest BCUT2D eigenvalue weighted by molar-refractivity contribution is 0.406. The van der Waals surface area contributed by atoms with E-state index < -0.39 is 0 Å². The maximum Gasteiger partial charge on any atom is 0.146 e. The maximum absolute atomic E-state index is 6.12. The van der Waals surface area contributed by atoms with Crippen molar-refractivity contribution in [3.05, 3.63) is 42.1 Å². The molecule has 2 heterocycles. The van der Waals surface area contributed by atoms with Crippen LogP contribution in [0.1, 0.15) is 26.5 Å². The summed E-state index contributed by atoms with van der Waals surface area (Å²) in [5, 5.41) is 1.21. The minimum atomic E-state index is 0.182. The van der Waals surface area contributed by atoms with Crippen molar-refractivity contribution in [2.24, 2.45) is 5.41 Å². The molecule has 0 fully saturated rings. The van der Waals surface area contributed by atoms with Crippen LogP contribution in [0.15, 0.2) is 36.4 Å². The highest BCUT2D eigenvalue weighted by Gasteiger charge is 2.19. The Hall–Kier alpha value is -2.03. The molecule has 0 amide bonds. The molecule has 0 aliphatic rings. The third-order valence-electron chi connectivity index (χ3n) is 3.32. The highest BCUT2D eigenvalue weighted by molar-refractivity contribution is 5.83. The van der Waals surface area contributed by atoms with Gasteiger partial charge in [-0.25, -0.2) is 4.98 Å². The predicted octanol–water partition coefficient (Wildman–Crippen LogP) is 3.66. The van der Waals surface area contributed by atoms with Gasteiger partial charge in [-0.3, -0.25) is 4.40 Å². The fraction of sp³-hybridized carbons (Fsp3) is 0.312. The van der Waals surface area contributed by atoms with Gasteiger partial charge in [0.05, 0.1) is 11.2 Å². The molecule has 0 saturated heterocycles. The molecule has 19 heavy (non-hydrogen) atoms. The molecular weight excluding hydrogens is 234 g/mol. The molecule has 1 aromatic carbocycles. The first-order chi connectivity index (χ1) is 8.96. The van der Waals surface area contributed by atoms with Crippen LogP contribution in [0.3, 0.4) is 0 Å². The quantitative estimate of drug-likeness (QED) is 0.719. The van der Waals surface area contributed by atoms with Gasteiger partial charge in [-0.1, -0.05) is 39.0 Å². The number of para-hydroxylation sites is 1. The van der Waals surface area contributed by atoms with Gasteiger partial charge in [0.1, 0.15) is 11.5 Å². The van der Waals surface area contributed by atoms with Gasteiger partial charge in [0, 0.05) is 0 Å². The van der Waals surface area contributed by atoms with Gasteiger partial charge in [0.25, 0.3) is 0 Å². The summed E-state index contributed by atoms with van der Waals surface area (Å²) in [5.41, 5.74) is 9.51. The lowest BCUT2D eigenvalue weighted by Crippen LogP contribution is -2.12. The summed E-state index contributed by atoms with van der Waals surface area (Å²) < 4.78 is 2.19. The van der Waals surface area contributed by atoms with Gasteiger partial charge in [0.15, 0.2) is 0 Å². The number of pyridine rings is 1. The molecule has 0 aliphatic heterocycles. The molecule has 2 aromatic heterocycles. The number of anilines is 1. The van der Waals surface area contributed by atoms with E-state index in [1.165, 1.54) is 10.9 Å². The third-order valence-corrected chi connectivity index (χ3v) is 3.32.